The molecular weight excluding hydrogens is 276 g/mol. The summed E-state index contributed by atoms with van der Waals surface area (Å²) in [7, 11) is 0.637. The first-order valence-electron chi connectivity index (χ1n) is 6.71. The van der Waals surface area contributed by atoms with E-state index >= 15 is 0 Å². The summed E-state index contributed by atoms with van der Waals surface area (Å²) >= 11 is 0. The van der Waals surface area contributed by atoms with Crippen LogP contribution in [0.5, 0.6) is 5.75 Å². The summed E-state index contributed by atoms with van der Waals surface area (Å²) in [4.78, 5) is 2.02. The van der Waals surface area contributed by atoms with Crippen LogP contribution in [0, 0.1) is 0 Å². The molecule has 20 heavy (non-hydrogen) atoms. The molecule has 0 aliphatic carbocycles. The van der Waals surface area contributed by atoms with Crippen LogP contribution >= 0.6 is 0 Å². The third kappa shape index (κ3) is 2.91. The Balaban J connectivity index is 2.37. The first-order valence-corrected chi connectivity index (χ1v) is 8.53. The number of ether oxygens (including phenoxy) is 1. The minimum absolute atomic E-state index is 0.00426. The van der Waals surface area contributed by atoms with E-state index in [4.69, 9.17) is 10.5 Å². The number of rotatable bonds is 4. The van der Waals surface area contributed by atoms with E-state index in [2.05, 4.69) is 0 Å². The molecule has 0 spiro atoms. The zero-order valence-electron chi connectivity index (χ0n) is 12.2. The molecule has 0 saturated carbocycles. The normalized spacial score (nSPS) is 22.5. The molecule has 1 saturated heterocycles. The molecule has 0 amide bonds. The van der Waals surface area contributed by atoms with Gasteiger partial charge in [0.25, 0.3) is 0 Å². The van der Waals surface area contributed by atoms with Crippen molar-refractivity contribution in [2.45, 2.75) is 25.4 Å². The molecule has 1 fully saturated rings. The monoisotopic (exact) mass is 298 g/mol. The number of anilines is 1. The summed E-state index contributed by atoms with van der Waals surface area (Å²) in [5.41, 5.74) is 7.92. The van der Waals surface area contributed by atoms with Gasteiger partial charge in [0.1, 0.15) is 5.75 Å². The van der Waals surface area contributed by atoms with Crippen LogP contribution in [0.25, 0.3) is 0 Å². The fourth-order valence-corrected chi connectivity index (χ4v) is 4.53. The van der Waals surface area contributed by atoms with Crippen molar-refractivity contribution >= 4 is 15.5 Å². The zero-order chi connectivity index (χ0) is 14.9. The number of sulfone groups is 1. The van der Waals surface area contributed by atoms with Gasteiger partial charge in [-0.3, -0.25) is 0 Å². The highest BCUT2D eigenvalue weighted by Gasteiger charge is 2.32. The number of benzene rings is 1. The average molecular weight is 298 g/mol. The Morgan fingerprint density at radius 1 is 1.45 bits per heavy atom. The van der Waals surface area contributed by atoms with Crippen LogP contribution in [0.1, 0.15) is 24.9 Å². The Morgan fingerprint density at radius 2 is 2.15 bits per heavy atom. The Labute approximate surface area is 120 Å². The van der Waals surface area contributed by atoms with E-state index in [1.165, 1.54) is 0 Å². The van der Waals surface area contributed by atoms with E-state index < -0.39 is 9.84 Å². The molecule has 2 N–H and O–H groups in total. The predicted octanol–water partition coefficient (Wildman–Crippen LogP) is 1.34. The van der Waals surface area contributed by atoms with Crippen LogP contribution in [0.15, 0.2) is 18.2 Å². The highest BCUT2D eigenvalue weighted by atomic mass is 32.2. The minimum atomic E-state index is -2.90. The Hall–Kier alpha value is -1.27. The van der Waals surface area contributed by atoms with Gasteiger partial charge in [-0.1, -0.05) is 6.07 Å². The lowest BCUT2D eigenvalue weighted by atomic mass is 10.0. The summed E-state index contributed by atoms with van der Waals surface area (Å²) in [5.74, 6) is 1.21. The summed E-state index contributed by atoms with van der Waals surface area (Å²) in [6, 6.07) is 5.57. The van der Waals surface area contributed by atoms with Gasteiger partial charge in [0, 0.05) is 30.4 Å². The maximum atomic E-state index is 11.6. The smallest absolute Gasteiger partial charge is 0.152 e. The van der Waals surface area contributed by atoms with Gasteiger partial charge in [-0.15, -0.1) is 0 Å². The lowest BCUT2D eigenvalue weighted by molar-refractivity contribution is 0.407. The van der Waals surface area contributed by atoms with Crippen molar-refractivity contribution in [3.8, 4) is 5.75 Å². The van der Waals surface area contributed by atoms with Crippen LogP contribution in [-0.2, 0) is 9.84 Å². The van der Waals surface area contributed by atoms with Crippen molar-refractivity contribution < 1.29 is 13.2 Å². The minimum Gasteiger partial charge on any atom is -0.496 e. The quantitative estimate of drug-likeness (QED) is 0.908. The van der Waals surface area contributed by atoms with Crippen molar-refractivity contribution in [2.24, 2.45) is 5.73 Å². The van der Waals surface area contributed by atoms with Gasteiger partial charge >= 0.3 is 0 Å². The standard InChI is InChI=1S/C14H22N2O3S/c1-10(15)14-12(5-4-6-13(14)19-3)16(2)11-7-8-20(17,18)9-11/h4-6,10-11H,7-9,15H2,1-3H3/t10-,11?/m1/s1. The van der Waals surface area contributed by atoms with Crippen LogP contribution < -0.4 is 15.4 Å². The van der Waals surface area contributed by atoms with E-state index in [1.807, 2.05) is 37.1 Å². The van der Waals surface area contributed by atoms with Crippen molar-refractivity contribution in [1.29, 1.82) is 0 Å². The lowest BCUT2D eigenvalue weighted by Crippen LogP contribution is -2.33. The summed E-state index contributed by atoms with van der Waals surface area (Å²) in [6.45, 7) is 1.90. The van der Waals surface area contributed by atoms with Crippen LogP contribution in [0.3, 0.4) is 0 Å². The second kappa shape index (κ2) is 5.61. The third-order valence-corrected chi connectivity index (χ3v) is 5.60. The number of nitrogens with two attached hydrogens (primary N) is 1. The number of hydrogen-bond acceptors (Lipinski definition) is 5. The van der Waals surface area contributed by atoms with Gasteiger partial charge in [0.2, 0.25) is 0 Å². The second-order valence-electron chi connectivity index (χ2n) is 5.35. The van der Waals surface area contributed by atoms with Gasteiger partial charge in [0.15, 0.2) is 9.84 Å². The molecule has 2 atom stereocenters. The Kier molecular flexibility index (Phi) is 4.25. The van der Waals surface area contributed by atoms with Crippen molar-refractivity contribution in [3.05, 3.63) is 23.8 Å². The largest absolute Gasteiger partial charge is 0.496 e. The number of nitrogens with zero attached hydrogens (tertiary/aromatic N) is 1. The lowest BCUT2D eigenvalue weighted by Gasteiger charge is -2.29. The fraction of sp³-hybridized carbons (Fsp3) is 0.571. The Morgan fingerprint density at radius 3 is 2.65 bits per heavy atom. The highest BCUT2D eigenvalue weighted by molar-refractivity contribution is 7.91. The molecule has 5 nitrogen and oxygen atoms in total. The van der Waals surface area contributed by atoms with Gasteiger partial charge in [0.05, 0.1) is 18.6 Å². The molecule has 2 rings (SSSR count). The molecular formula is C14H22N2O3S. The molecule has 1 aromatic rings. The maximum absolute atomic E-state index is 11.6. The van der Waals surface area contributed by atoms with Gasteiger partial charge < -0.3 is 15.4 Å². The molecule has 1 unspecified atom stereocenters. The molecule has 0 bridgehead atoms. The highest BCUT2D eigenvalue weighted by Crippen LogP contribution is 2.35. The first kappa shape index (κ1) is 15.1. The molecule has 1 heterocycles. The van der Waals surface area contributed by atoms with Gasteiger partial charge in [-0.2, -0.15) is 0 Å². The van der Waals surface area contributed by atoms with Crippen LogP contribution in [0.4, 0.5) is 5.69 Å². The molecule has 6 heteroatoms. The third-order valence-electron chi connectivity index (χ3n) is 3.85. The first-order chi connectivity index (χ1) is 9.35. The van der Waals surface area contributed by atoms with Gasteiger partial charge in [-0.25, -0.2) is 8.42 Å². The fourth-order valence-electron chi connectivity index (χ4n) is 2.75. The average Bonchev–Trinajstić information content (AvgIpc) is 2.77. The maximum Gasteiger partial charge on any atom is 0.152 e. The summed E-state index contributed by atoms with van der Waals surface area (Å²) in [6.07, 6.45) is 0.661. The van der Waals surface area contributed by atoms with Crippen molar-refractivity contribution in [1.82, 2.24) is 0 Å². The molecule has 0 aromatic heterocycles. The molecule has 0 radical (unpaired) electrons. The van der Waals surface area contributed by atoms with Crippen molar-refractivity contribution in [3.63, 3.8) is 0 Å². The van der Waals surface area contributed by atoms with E-state index in [-0.39, 0.29) is 23.6 Å². The summed E-state index contributed by atoms with van der Waals surface area (Å²) in [5, 5.41) is 0. The van der Waals surface area contributed by atoms with Crippen molar-refractivity contribution in [2.75, 3.05) is 30.6 Å². The molecule has 1 aliphatic heterocycles. The van der Waals surface area contributed by atoms with E-state index in [0.717, 1.165) is 17.0 Å². The molecule has 112 valence electrons. The number of hydrogen-bond donors (Lipinski definition) is 1. The van der Waals surface area contributed by atoms with Crippen LogP contribution in [0.2, 0.25) is 0 Å². The summed E-state index contributed by atoms with van der Waals surface area (Å²) < 4.78 is 28.7. The van der Waals surface area contributed by atoms with E-state index in [1.54, 1.807) is 7.11 Å². The molecule has 1 aromatic carbocycles. The van der Waals surface area contributed by atoms with Crippen LogP contribution in [-0.4, -0.2) is 40.1 Å². The number of methoxy groups -OCH3 is 1. The Bertz CT molecular complexity index is 584. The molecule has 1 aliphatic rings. The SMILES string of the molecule is COc1cccc(N(C)C2CCS(=O)(=O)C2)c1[C@@H](C)N. The topological polar surface area (TPSA) is 72.6 Å². The second-order valence-corrected chi connectivity index (χ2v) is 7.58. The van der Waals surface area contributed by atoms with E-state index in [9.17, 15) is 8.42 Å². The predicted molar refractivity (Wildman–Crippen MR) is 81.1 cm³/mol. The van der Waals surface area contributed by atoms with E-state index in [0.29, 0.717) is 6.42 Å². The zero-order valence-corrected chi connectivity index (χ0v) is 13.0. The van der Waals surface area contributed by atoms with Gasteiger partial charge in [-0.05, 0) is 25.5 Å².